The van der Waals surface area contributed by atoms with Crippen molar-refractivity contribution in [2.24, 2.45) is 5.73 Å². The lowest BCUT2D eigenvalue weighted by Crippen LogP contribution is -2.35. The first-order chi connectivity index (χ1) is 16.4. The van der Waals surface area contributed by atoms with Crippen LogP contribution < -0.4 is 5.73 Å². The Morgan fingerprint density at radius 3 is 2.85 bits per heavy atom. The molecule has 4 heterocycles. The van der Waals surface area contributed by atoms with Gasteiger partial charge in [-0.15, -0.1) is 21.5 Å². The Hall–Kier alpha value is -3.43. The Morgan fingerprint density at radius 1 is 1.26 bits per heavy atom. The lowest BCUT2D eigenvalue weighted by atomic mass is 9.94. The van der Waals surface area contributed by atoms with Gasteiger partial charge in [0.05, 0.1) is 22.7 Å². The fraction of sp³-hybridized carbons (Fsp3) is 0.320. The van der Waals surface area contributed by atoms with Crippen LogP contribution in [0.3, 0.4) is 0 Å². The summed E-state index contributed by atoms with van der Waals surface area (Å²) in [5, 5.41) is 11.4. The lowest BCUT2D eigenvalue weighted by Gasteiger charge is -2.23. The normalized spacial score (nSPS) is 17.6. The third kappa shape index (κ3) is 4.49. The number of thiazole rings is 1. The number of carbonyl (C=O) groups excluding carboxylic acids is 1. The van der Waals surface area contributed by atoms with Gasteiger partial charge in [0.1, 0.15) is 5.01 Å². The van der Waals surface area contributed by atoms with Crippen molar-refractivity contribution in [3.8, 4) is 11.5 Å². The fourth-order valence-corrected chi connectivity index (χ4v) is 5.24. The van der Waals surface area contributed by atoms with E-state index in [4.69, 9.17) is 10.2 Å². The number of rotatable bonds is 6. The second-order valence-corrected chi connectivity index (χ2v) is 9.83. The van der Waals surface area contributed by atoms with Gasteiger partial charge in [0.25, 0.3) is 5.91 Å². The highest BCUT2D eigenvalue weighted by Gasteiger charge is 2.33. The molecule has 1 amide bonds. The van der Waals surface area contributed by atoms with Gasteiger partial charge in [0, 0.05) is 30.0 Å². The van der Waals surface area contributed by atoms with E-state index in [9.17, 15) is 4.79 Å². The Bertz CT molecular complexity index is 1300. The van der Waals surface area contributed by atoms with Crippen LogP contribution in [0.2, 0.25) is 0 Å². The van der Waals surface area contributed by atoms with Crippen LogP contribution in [0.15, 0.2) is 58.6 Å². The first kappa shape index (κ1) is 22.4. The van der Waals surface area contributed by atoms with E-state index < -0.39 is 5.54 Å². The number of pyridine rings is 1. The van der Waals surface area contributed by atoms with E-state index in [-0.39, 0.29) is 17.8 Å². The number of hydrogen-bond acceptors (Lipinski definition) is 8. The average molecular weight is 475 g/mol. The number of benzene rings is 1. The van der Waals surface area contributed by atoms with Gasteiger partial charge in [-0.3, -0.25) is 9.78 Å². The van der Waals surface area contributed by atoms with Crippen molar-refractivity contribution in [2.45, 2.75) is 44.7 Å². The molecule has 0 spiro atoms. The van der Waals surface area contributed by atoms with Gasteiger partial charge in [0.15, 0.2) is 0 Å². The van der Waals surface area contributed by atoms with Crippen LogP contribution >= 0.6 is 11.3 Å². The van der Waals surface area contributed by atoms with E-state index in [1.807, 2.05) is 54.5 Å². The molecule has 0 unspecified atom stereocenters. The quantitative estimate of drug-likeness (QED) is 0.444. The van der Waals surface area contributed by atoms with Crippen LogP contribution in [0.1, 0.15) is 58.3 Å². The van der Waals surface area contributed by atoms with E-state index in [1.165, 1.54) is 0 Å². The summed E-state index contributed by atoms with van der Waals surface area (Å²) in [6.45, 7) is 4.53. The lowest BCUT2D eigenvalue weighted by molar-refractivity contribution is 0.0735. The molecule has 2 atom stereocenters. The summed E-state index contributed by atoms with van der Waals surface area (Å²) in [5.74, 6) is 0.550. The highest BCUT2D eigenvalue weighted by molar-refractivity contribution is 7.09. The van der Waals surface area contributed by atoms with E-state index in [0.717, 1.165) is 29.1 Å². The molecule has 0 aliphatic carbocycles. The zero-order chi connectivity index (χ0) is 23.7. The first-order valence-corrected chi connectivity index (χ1v) is 12.1. The smallest absolute Gasteiger partial charge is 0.256 e. The number of nitrogens with two attached hydrogens (primary N) is 1. The molecule has 1 fully saturated rings. The number of aromatic nitrogens is 4. The van der Waals surface area contributed by atoms with E-state index >= 15 is 0 Å². The molecule has 1 aromatic carbocycles. The van der Waals surface area contributed by atoms with Gasteiger partial charge in [-0.05, 0) is 44.7 Å². The highest BCUT2D eigenvalue weighted by Crippen LogP contribution is 2.35. The van der Waals surface area contributed by atoms with E-state index in [1.54, 1.807) is 29.8 Å². The van der Waals surface area contributed by atoms with Gasteiger partial charge >= 0.3 is 0 Å². The van der Waals surface area contributed by atoms with E-state index in [2.05, 4.69) is 20.2 Å². The number of aryl methyl sites for hydroxylation is 1. The average Bonchev–Trinajstić information content (AvgIpc) is 3.59. The summed E-state index contributed by atoms with van der Waals surface area (Å²) in [5.41, 5.74) is 8.81. The standard InChI is InChI=1S/C25H26N6O2S/c1-16-15-34-22(28-16)20-9-6-10-31(20)23(32)19-11-18(13-27-14-19)21-29-30-24(33-21)25(2,26)12-17-7-4-3-5-8-17/h3-5,7-8,11,13-15,20H,6,9-10,12,26H2,1-2H3/t20-,25-/m1/s1. The predicted octanol–water partition coefficient (Wildman–Crippen LogP) is 4.29. The summed E-state index contributed by atoms with van der Waals surface area (Å²) in [6.07, 6.45) is 5.61. The first-order valence-electron chi connectivity index (χ1n) is 11.3. The second kappa shape index (κ2) is 9.08. The topological polar surface area (TPSA) is 111 Å². The molecule has 2 N–H and O–H groups in total. The predicted molar refractivity (Wildman–Crippen MR) is 129 cm³/mol. The van der Waals surface area contributed by atoms with Crippen molar-refractivity contribution in [1.82, 2.24) is 25.1 Å². The molecule has 34 heavy (non-hydrogen) atoms. The van der Waals surface area contributed by atoms with E-state index in [0.29, 0.717) is 30.0 Å². The van der Waals surface area contributed by atoms with Crippen LogP contribution in [0, 0.1) is 6.92 Å². The molecule has 0 bridgehead atoms. The minimum absolute atomic E-state index is 0.000739. The minimum atomic E-state index is -0.831. The number of hydrogen-bond donors (Lipinski definition) is 1. The van der Waals surface area contributed by atoms with Crippen LogP contribution in [-0.4, -0.2) is 37.5 Å². The number of likely N-dealkylation sites (tertiary alicyclic amines) is 1. The number of nitrogens with zero attached hydrogens (tertiary/aromatic N) is 5. The van der Waals surface area contributed by atoms with Crippen LogP contribution in [-0.2, 0) is 12.0 Å². The Labute approximate surface area is 201 Å². The molecular formula is C25H26N6O2S. The van der Waals surface area contributed by atoms with Crippen molar-refractivity contribution in [1.29, 1.82) is 0 Å². The van der Waals surface area contributed by atoms with Gasteiger partial charge in [-0.25, -0.2) is 4.98 Å². The molecule has 8 nitrogen and oxygen atoms in total. The molecule has 9 heteroatoms. The fourth-order valence-electron chi connectivity index (χ4n) is 4.30. The monoisotopic (exact) mass is 474 g/mol. The molecule has 5 rings (SSSR count). The Morgan fingerprint density at radius 2 is 2.09 bits per heavy atom. The van der Waals surface area contributed by atoms with Gasteiger partial charge in [-0.1, -0.05) is 30.3 Å². The van der Waals surface area contributed by atoms with Crippen molar-refractivity contribution in [2.75, 3.05) is 6.54 Å². The number of carbonyl (C=O) groups is 1. The maximum Gasteiger partial charge on any atom is 0.256 e. The summed E-state index contributed by atoms with van der Waals surface area (Å²) in [7, 11) is 0. The SMILES string of the molecule is Cc1csc([C@H]2CCCN2C(=O)c2cncc(-c3nnc([C@](C)(N)Cc4ccccc4)o3)c2)n1. The van der Waals surface area contributed by atoms with Gasteiger partial charge in [-0.2, -0.15) is 0 Å². The molecule has 4 aromatic rings. The summed E-state index contributed by atoms with van der Waals surface area (Å²) < 4.78 is 5.94. The molecule has 174 valence electrons. The largest absolute Gasteiger partial charge is 0.419 e. The zero-order valence-electron chi connectivity index (χ0n) is 19.1. The maximum atomic E-state index is 13.4. The van der Waals surface area contributed by atoms with Crippen molar-refractivity contribution in [3.63, 3.8) is 0 Å². The van der Waals surface area contributed by atoms with Crippen LogP contribution in [0.4, 0.5) is 0 Å². The van der Waals surface area contributed by atoms with Crippen molar-refractivity contribution >= 4 is 17.2 Å². The zero-order valence-corrected chi connectivity index (χ0v) is 20.0. The Balaban J connectivity index is 1.36. The third-order valence-electron chi connectivity index (χ3n) is 6.00. The van der Waals surface area contributed by atoms with Crippen LogP contribution in [0.25, 0.3) is 11.5 Å². The van der Waals surface area contributed by atoms with Crippen molar-refractivity contribution < 1.29 is 9.21 Å². The molecule has 0 saturated carbocycles. The molecule has 1 saturated heterocycles. The molecular weight excluding hydrogens is 448 g/mol. The third-order valence-corrected chi connectivity index (χ3v) is 7.06. The Kier molecular flexibility index (Phi) is 5.97. The molecule has 1 aliphatic heterocycles. The van der Waals surface area contributed by atoms with Crippen molar-refractivity contribution in [3.05, 3.63) is 81.9 Å². The van der Waals surface area contributed by atoms with Gasteiger partial charge < -0.3 is 15.1 Å². The van der Waals surface area contributed by atoms with Crippen LogP contribution in [0.5, 0.6) is 0 Å². The second-order valence-electron chi connectivity index (χ2n) is 8.94. The molecule has 1 aliphatic rings. The summed E-state index contributed by atoms with van der Waals surface area (Å²) in [4.78, 5) is 24.1. The van der Waals surface area contributed by atoms with Gasteiger partial charge in [0.2, 0.25) is 11.8 Å². The summed E-state index contributed by atoms with van der Waals surface area (Å²) >= 11 is 1.60. The molecule has 0 radical (unpaired) electrons. The summed E-state index contributed by atoms with van der Waals surface area (Å²) in [6, 6.07) is 11.7. The maximum absolute atomic E-state index is 13.4. The highest BCUT2D eigenvalue weighted by atomic mass is 32.1. The molecule has 3 aromatic heterocycles. The minimum Gasteiger partial charge on any atom is -0.419 e. The number of amides is 1.